The molecule has 2 heterocycles. The highest BCUT2D eigenvalue weighted by molar-refractivity contribution is 7.12. The van der Waals surface area contributed by atoms with Gasteiger partial charge < -0.3 is 14.7 Å². The summed E-state index contributed by atoms with van der Waals surface area (Å²) in [5, 5.41) is 11.0. The van der Waals surface area contributed by atoms with E-state index in [0.29, 0.717) is 21.7 Å². The Hall–Kier alpha value is -2.41. The number of amides is 1. The average Bonchev–Trinajstić information content (AvgIpc) is 3.14. The third-order valence-electron chi connectivity index (χ3n) is 4.24. The molecule has 0 saturated heterocycles. The second-order valence-corrected chi connectivity index (χ2v) is 6.53. The van der Waals surface area contributed by atoms with Crippen LogP contribution in [0.4, 0.5) is 4.39 Å². The molecule has 0 saturated carbocycles. The molecule has 126 valence electrons. The van der Waals surface area contributed by atoms with Crippen LogP contribution in [0.1, 0.15) is 29.4 Å². The fourth-order valence-corrected chi connectivity index (χ4v) is 3.83. The van der Waals surface area contributed by atoms with Gasteiger partial charge in [-0.2, -0.15) is 0 Å². The van der Waals surface area contributed by atoms with E-state index in [0.717, 1.165) is 0 Å². The Bertz CT molecular complexity index is 792. The fraction of sp³-hybridized carbons (Fsp3) is 0.294. The van der Waals surface area contributed by atoms with Crippen molar-refractivity contribution in [2.75, 3.05) is 7.11 Å². The zero-order chi connectivity index (χ0) is 17.4. The molecule has 1 aliphatic heterocycles. The van der Waals surface area contributed by atoms with Gasteiger partial charge in [0.25, 0.3) is 5.91 Å². The van der Waals surface area contributed by atoms with Gasteiger partial charge in [0.05, 0.1) is 24.4 Å². The molecular weight excluding hydrogens is 333 g/mol. The number of carbonyl (C=O) groups is 2. The maximum Gasteiger partial charge on any atom is 0.307 e. The van der Waals surface area contributed by atoms with E-state index in [-0.39, 0.29) is 24.5 Å². The van der Waals surface area contributed by atoms with Crippen molar-refractivity contribution >= 4 is 23.2 Å². The Kier molecular flexibility index (Phi) is 4.28. The van der Waals surface area contributed by atoms with Gasteiger partial charge >= 0.3 is 5.97 Å². The van der Waals surface area contributed by atoms with E-state index in [1.54, 1.807) is 24.4 Å². The van der Waals surface area contributed by atoms with Crippen molar-refractivity contribution in [3.8, 4) is 0 Å². The lowest BCUT2D eigenvalue weighted by Crippen LogP contribution is -2.36. The standard InChI is InChI=1S/C17H16FNO4S/c1-9-10(7-16(20)21)11-6-14(23-2)12(18)8-13(11)19(9)17(22)15-4-3-5-24-15/h3-6,13H,7-8H2,1-2H3,(H,20,21). The Morgan fingerprint density at radius 1 is 1.50 bits per heavy atom. The maximum absolute atomic E-state index is 14.2. The number of nitrogens with zero attached hydrogens (tertiary/aromatic N) is 1. The first kappa shape index (κ1) is 16.4. The zero-order valence-electron chi connectivity index (χ0n) is 13.2. The number of carboxylic acid groups (broad SMARTS) is 1. The number of aliphatic carboxylic acids is 1. The number of thiophene rings is 1. The number of ether oxygens (including phenoxy) is 1. The summed E-state index contributed by atoms with van der Waals surface area (Å²) in [5.41, 5.74) is 1.73. The molecule has 1 unspecified atom stereocenters. The molecule has 1 atom stereocenters. The second kappa shape index (κ2) is 6.24. The highest BCUT2D eigenvalue weighted by Gasteiger charge is 2.42. The molecule has 0 fully saturated rings. The highest BCUT2D eigenvalue weighted by Crippen LogP contribution is 2.43. The van der Waals surface area contributed by atoms with E-state index in [4.69, 9.17) is 4.74 Å². The molecule has 0 radical (unpaired) electrons. The minimum Gasteiger partial charge on any atom is -0.494 e. The second-order valence-electron chi connectivity index (χ2n) is 5.58. The van der Waals surface area contributed by atoms with Gasteiger partial charge in [-0.1, -0.05) is 6.07 Å². The largest absolute Gasteiger partial charge is 0.494 e. The zero-order valence-corrected chi connectivity index (χ0v) is 14.0. The summed E-state index contributed by atoms with van der Waals surface area (Å²) in [7, 11) is 1.36. The van der Waals surface area contributed by atoms with Crippen LogP contribution in [-0.2, 0) is 9.53 Å². The van der Waals surface area contributed by atoms with E-state index in [1.807, 2.05) is 0 Å². The molecule has 5 nitrogen and oxygen atoms in total. The number of allylic oxidation sites excluding steroid dienone is 2. The molecule has 2 aliphatic rings. The third-order valence-corrected chi connectivity index (χ3v) is 5.10. The van der Waals surface area contributed by atoms with Crippen LogP contribution in [0.2, 0.25) is 0 Å². The van der Waals surface area contributed by atoms with Crippen LogP contribution in [0.5, 0.6) is 0 Å². The SMILES string of the molecule is COC1=C(F)CC2C(=C1)C(CC(=O)O)=C(C)N2C(=O)c1cccs1. The smallest absolute Gasteiger partial charge is 0.307 e. The van der Waals surface area contributed by atoms with E-state index in [9.17, 15) is 19.1 Å². The van der Waals surface area contributed by atoms with Crippen LogP contribution in [-0.4, -0.2) is 35.0 Å². The summed E-state index contributed by atoms with van der Waals surface area (Å²) < 4.78 is 19.2. The van der Waals surface area contributed by atoms with Gasteiger partial charge in [-0.3, -0.25) is 9.59 Å². The predicted octanol–water partition coefficient (Wildman–Crippen LogP) is 3.48. The topological polar surface area (TPSA) is 66.8 Å². The molecular formula is C17H16FNO4S. The van der Waals surface area contributed by atoms with Gasteiger partial charge in [0.15, 0.2) is 5.76 Å². The van der Waals surface area contributed by atoms with Crippen molar-refractivity contribution in [1.82, 2.24) is 4.90 Å². The van der Waals surface area contributed by atoms with Crippen molar-refractivity contribution < 1.29 is 23.8 Å². The Morgan fingerprint density at radius 3 is 2.83 bits per heavy atom. The molecule has 1 amide bonds. The van der Waals surface area contributed by atoms with Crippen LogP contribution in [0.15, 0.2) is 52.0 Å². The van der Waals surface area contributed by atoms with Crippen molar-refractivity contribution in [2.24, 2.45) is 0 Å². The molecule has 1 aliphatic carbocycles. The van der Waals surface area contributed by atoms with Gasteiger partial charge in [0.1, 0.15) is 5.83 Å². The van der Waals surface area contributed by atoms with Crippen molar-refractivity contribution in [3.05, 3.63) is 56.9 Å². The number of fused-ring (bicyclic) bond motifs is 1. The van der Waals surface area contributed by atoms with Gasteiger partial charge in [0.2, 0.25) is 0 Å². The van der Waals surface area contributed by atoms with E-state index >= 15 is 0 Å². The van der Waals surface area contributed by atoms with Gasteiger partial charge in [-0.15, -0.1) is 11.3 Å². The molecule has 3 rings (SSSR count). The molecule has 24 heavy (non-hydrogen) atoms. The number of rotatable bonds is 4. The number of carboxylic acids is 1. The summed E-state index contributed by atoms with van der Waals surface area (Å²) in [4.78, 5) is 26.1. The first-order chi connectivity index (χ1) is 11.4. The van der Waals surface area contributed by atoms with E-state index < -0.39 is 17.8 Å². The average molecular weight is 349 g/mol. The normalized spacial score (nSPS) is 20.2. The number of halogens is 1. The molecule has 1 aromatic heterocycles. The van der Waals surface area contributed by atoms with Gasteiger partial charge in [-0.05, 0) is 35.6 Å². The van der Waals surface area contributed by atoms with Crippen molar-refractivity contribution in [2.45, 2.75) is 25.8 Å². The lowest BCUT2D eigenvalue weighted by molar-refractivity contribution is -0.136. The lowest BCUT2D eigenvalue weighted by Gasteiger charge is -2.28. The Balaban J connectivity index is 2.07. The molecule has 7 heteroatoms. The minimum atomic E-state index is -0.997. The first-order valence-electron chi connectivity index (χ1n) is 7.37. The van der Waals surface area contributed by atoms with Crippen LogP contribution in [0.25, 0.3) is 0 Å². The number of methoxy groups -OCH3 is 1. The molecule has 0 aromatic carbocycles. The quantitative estimate of drug-likeness (QED) is 0.904. The third kappa shape index (κ3) is 2.65. The molecule has 0 spiro atoms. The predicted molar refractivity (Wildman–Crippen MR) is 87.1 cm³/mol. The minimum absolute atomic E-state index is 0.0212. The van der Waals surface area contributed by atoms with Crippen molar-refractivity contribution in [1.29, 1.82) is 0 Å². The summed E-state index contributed by atoms with van der Waals surface area (Å²) in [5.74, 6) is -1.60. The molecule has 0 bridgehead atoms. The van der Waals surface area contributed by atoms with Crippen LogP contribution in [0.3, 0.4) is 0 Å². The summed E-state index contributed by atoms with van der Waals surface area (Å²) in [6.07, 6.45) is 1.26. The van der Waals surface area contributed by atoms with E-state index in [2.05, 4.69) is 0 Å². The van der Waals surface area contributed by atoms with E-state index in [1.165, 1.54) is 29.4 Å². The Morgan fingerprint density at radius 2 is 2.25 bits per heavy atom. The molecule has 1 aromatic rings. The lowest BCUT2D eigenvalue weighted by atomic mass is 9.92. The number of carbonyl (C=O) groups excluding carboxylic acids is 1. The molecule has 1 N–H and O–H groups in total. The van der Waals surface area contributed by atoms with Crippen molar-refractivity contribution in [3.63, 3.8) is 0 Å². The van der Waals surface area contributed by atoms with Gasteiger partial charge in [-0.25, -0.2) is 4.39 Å². The Labute approximate surface area is 142 Å². The summed E-state index contributed by atoms with van der Waals surface area (Å²) in [6, 6.07) is 2.94. The van der Waals surface area contributed by atoms with Crippen LogP contribution in [0, 0.1) is 0 Å². The summed E-state index contributed by atoms with van der Waals surface area (Å²) in [6.45, 7) is 1.70. The van der Waals surface area contributed by atoms with Crippen LogP contribution < -0.4 is 0 Å². The fourth-order valence-electron chi connectivity index (χ4n) is 3.17. The first-order valence-corrected chi connectivity index (χ1v) is 8.25. The van der Waals surface area contributed by atoms with Crippen LogP contribution >= 0.6 is 11.3 Å². The maximum atomic E-state index is 14.2. The van der Waals surface area contributed by atoms with Gasteiger partial charge in [0, 0.05) is 12.1 Å². The summed E-state index contributed by atoms with van der Waals surface area (Å²) >= 11 is 1.30. The highest BCUT2D eigenvalue weighted by atomic mass is 32.1. The monoisotopic (exact) mass is 349 g/mol. The number of hydrogen-bond donors (Lipinski definition) is 1. The number of hydrogen-bond acceptors (Lipinski definition) is 4.